The number of nitrogens with zero attached hydrogens (tertiary/aromatic N) is 1. The molecule has 20 heavy (non-hydrogen) atoms. The van der Waals surface area contributed by atoms with E-state index in [1.807, 2.05) is 19.2 Å². The molecule has 2 rings (SSSR count). The van der Waals surface area contributed by atoms with Crippen molar-refractivity contribution in [2.45, 2.75) is 26.5 Å². The molecule has 1 aromatic heterocycles. The molecule has 2 aromatic rings. The summed E-state index contributed by atoms with van der Waals surface area (Å²) in [6.07, 6.45) is -0.342. The molecule has 1 heterocycles. The molecule has 1 aromatic carbocycles. The molecule has 2 N–H and O–H groups in total. The van der Waals surface area contributed by atoms with Crippen molar-refractivity contribution in [2.75, 3.05) is 6.54 Å². The number of hydrogen-bond donors (Lipinski definition) is 2. The van der Waals surface area contributed by atoms with Crippen LogP contribution in [0.2, 0.25) is 0 Å². The minimum atomic E-state index is -0.342. The lowest BCUT2D eigenvalue weighted by molar-refractivity contribution is 0.123. The molecule has 1 unspecified atom stereocenters. The zero-order valence-electron chi connectivity index (χ0n) is 11.6. The van der Waals surface area contributed by atoms with E-state index in [0.717, 1.165) is 16.3 Å². The molecule has 0 aliphatic carbocycles. The number of benzene rings is 1. The molecule has 0 saturated carbocycles. The van der Waals surface area contributed by atoms with Crippen LogP contribution in [0, 0.1) is 11.7 Å². The Bertz CT molecular complexity index is 539. The summed E-state index contributed by atoms with van der Waals surface area (Å²) in [6, 6.07) is 6.34. The predicted molar refractivity (Wildman–Crippen MR) is 80.1 cm³/mol. The topological polar surface area (TPSA) is 45.1 Å². The van der Waals surface area contributed by atoms with Crippen LogP contribution in [0.4, 0.5) is 4.39 Å². The van der Waals surface area contributed by atoms with Crippen LogP contribution >= 0.6 is 11.3 Å². The highest BCUT2D eigenvalue weighted by Gasteiger charge is 2.09. The first-order valence-corrected chi connectivity index (χ1v) is 7.53. The van der Waals surface area contributed by atoms with Gasteiger partial charge in [0.1, 0.15) is 10.8 Å². The number of aliphatic hydroxyl groups excluding tert-OH is 1. The highest BCUT2D eigenvalue weighted by Crippen LogP contribution is 2.23. The van der Waals surface area contributed by atoms with Crippen molar-refractivity contribution in [3.05, 3.63) is 41.2 Å². The van der Waals surface area contributed by atoms with Crippen LogP contribution in [0.15, 0.2) is 29.6 Å². The van der Waals surface area contributed by atoms with Crippen molar-refractivity contribution in [1.82, 2.24) is 10.3 Å². The lowest BCUT2D eigenvalue weighted by atomic mass is 10.1. The summed E-state index contributed by atoms with van der Waals surface area (Å²) in [5, 5.41) is 15.7. The van der Waals surface area contributed by atoms with Gasteiger partial charge in [-0.05, 0) is 30.2 Å². The van der Waals surface area contributed by atoms with Crippen LogP contribution in [-0.2, 0) is 6.54 Å². The van der Waals surface area contributed by atoms with E-state index >= 15 is 0 Å². The molecule has 0 radical (unpaired) electrons. The lowest BCUT2D eigenvalue weighted by Crippen LogP contribution is -2.30. The Morgan fingerprint density at radius 2 is 2.00 bits per heavy atom. The van der Waals surface area contributed by atoms with Gasteiger partial charge in [0.25, 0.3) is 0 Å². The normalized spacial score (nSPS) is 12.8. The second-order valence-electron chi connectivity index (χ2n) is 5.09. The Morgan fingerprint density at radius 1 is 1.30 bits per heavy atom. The maximum absolute atomic E-state index is 12.9. The third-order valence-electron chi connectivity index (χ3n) is 3.07. The van der Waals surface area contributed by atoms with E-state index < -0.39 is 0 Å². The minimum Gasteiger partial charge on any atom is -0.392 e. The monoisotopic (exact) mass is 294 g/mol. The van der Waals surface area contributed by atoms with Gasteiger partial charge in [-0.1, -0.05) is 13.8 Å². The van der Waals surface area contributed by atoms with E-state index in [0.29, 0.717) is 13.1 Å². The smallest absolute Gasteiger partial charge is 0.123 e. The Morgan fingerprint density at radius 3 is 2.65 bits per heavy atom. The number of thiazole rings is 1. The predicted octanol–water partition coefficient (Wildman–Crippen LogP) is 3.06. The number of hydrogen-bond acceptors (Lipinski definition) is 4. The average Bonchev–Trinajstić information content (AvgIpc) is 2.88. The Balaban J connectivity index is 1.91. The van der Waals surface area contributed by atoms with Crippen LogP contribution in [0.3, 0.4) is 0 Å². The van der Waals surface area contributed by atoms with E-state index in [-0.39, 0.29) is 17.8 Å². The molecule has 0 fully saturated rings. The summed E-state index contributed by atoms with van der Waals surface area (Å²) < 4.78 is 12.9. The van der Waals surface area contributed by atoms with Gasteiger partial charge in [-0.2, -0.15) is 0 Å². The molecule has 0 spiro atoms. The van der Waals surface area contributed by atoms with Crippen LogP contribution < -0.4 is 5.32 Å². The molecule has 0 aliphatic rings. The number of nitrogens with one attached hydrogen (secondary N) is 1. The van der Waals surface area contributed by atoms with E-state index in [1.165, 1.54) is 23.5 Å². The minimum absolute atomic E-state index is 0.241. The number of halogens is 1. The third kappa shape index (κ3) is 4.10. The van der Waals surface area contributed by atoms with Crippen molar-refractivity contribution in [1.29, 1.82) is 0 Å². The zero-order chi connectivity index (χ0) is 14.5. The molecule has 1 atom stereocenters. The molecule has 0 bridgehead atoms. The van der Waals surface area contributed by atoms with Crippen molar-refractivity contribution in [2.24, 2.45) is 5.92 Å². The van der Waals surface area contributed by atoms with Gasteiger partial charge in [-0.3, -0.25) is 0 Å². The quantitative estimate of drug-likeness (QED) is 0.860. The summed E-state index contributed by atoms with van der Waals surface area (Å²) in [7, 11) is 0. The van der Waals surface area contributed by atoms with Gasteiger partial charge in [0.05, 0.1) is 11.8 Å². The maximum atomic E-state index is 12.9. The van der Waals surface area contributed by atoms with Crippen molar-refractivity contribution in [3.8, 4) is 10.6 Å². The fourth-order valence-corrected chi connectivity index (χ4v) is 2.52. The van der Waals surface area contributed by atoms with Gasteiger partial charge in [-0.25, -0.2) is 9.37 Å². The van der Waals surface area contributed by atoms with Crippen LogP contribution in [0.1, 0.15) is 19.5 Å². The average molecular weight is 294 g/mol. The summed E-state index contributed by atoms with van der Waals surface area (Å²) in [6.45, 7) is 5.16. The highest BCUT2D eigenvalue weighted by atomic mass is 32.1. The molecule has 0 amide bonds. The molecular formula is C15H19FN2OS. The fourth-order valence-electron chi connectivity index (χ4n) is 1.70. The lowest BCUT2D eigenvalue weighted by Gasteiger charge is -2.14. The first-order chi connectivity index (χ1) is 9.56. The summed E-state index contributed by atoms with van der Waals surface area (Å²) in [5.74, 6) is 0.00239. The number of rotatable bonds is 6. The second kappa shape index (κ2) is 6.92. The first kappa shape index (κ1) is 15.1. The van der Waals surface area contributed by atoms with E-state index in [9.17, 15) is 9.50 Å². The zero-order valence-corrected chi connectivity index (χ0v) is 12.5. The molecule has 0 aliphatic heterocycles. The van der Waals surface area contributed by atoms with Crippen molar-refractivity contribution in [3.63, 3.8) is 0 Å². The van der Waals surface area contributed by atoms with Crippen molar-refractivity contribution < 1.29 is 9.50 Å². The van der Waals surface area contributed by atoms with Gasteiger partial charge >= 0.3 is 0 Å². The largest absolute Gasteiger partial charge is 0.392 e. The van der Waals surface area contributed by atoms with Gasteiger partial charge in [0.2, 0.25) is 0 Å². The van der Waals surface area contributed by atoms with Gasteiger partial charge in [0.15, 0.2) is 0 Å². The molecule has 0 saturated heterocycles. The SMILES string of the molecule is CC(C)C(O)CNCc1csc(-c2ccc(F)cc2)n1. The molecule has 108 valence electrons. The summed E-state index contributed by atoms with van der Waals surface area (Å²) >= 11 is 1.54. The molecular weight excluding hydrogens is 275 g/mol. The standard InChI is InChI=1S/C15H19FN2OS/c1-10(2)14(19)8-17-7-13-9-20-15(18-13)11-3-5-12(16)6-4-11/h3-6,9-10,14,17,19H,7-8H2,1-2H3. The first-order valence-electron chi connectivity index (χ1n) is 6.65. The Kier molecular flexibility index (Phi) is 5.23. The number of aliphatic hydroxyl groups is 1. The second-order valence-corrected chi connectivity index (χ2v) is 5.95. The van der Waals surface area contributed by atoms with Crippen LogP contribution in [-0.4, -0.2) is 22.7 Å². The van der Waals surface area contributed by atoms with Crippen LogP contribution in [0.25, 0.3) is 10.6 Å². The third-order valence-corrected chi connectivity index (χ3v) is 4.01. The summed E-state index contributed by atoms with van der Waals surface area (Å²) in [5.41, 5.74) is 1.86. The maximum Gasteiger partial charge on any atom is 0.123 e. The van der Waals surface area contributed by atoms with Gasteiger partial charge in [0, 0.05) is 24.0 Å². The Hall–Kier alpha value is -1.30. The van der Waals surface area contributed by atoms with Crippen molar-refractivity contribution >= 4 is 11.3 Å². The fraction of sp³-hybridized carbons (Fsp3) is 0.400. The molecule has 5 heteroatoms. The van der Waals surface area contributed by atoms with Gasteiger partial charge in [-0.15, -0.1) is 11.3 Å². The van der Waals surface area contributed by atoms with Gasteiger partial charge < -0.3 is 10.4 Å². The number of aromatic nitrogens is 1. The summed E-state index contributed by atoms with van der Waals surface area (Å²) in [4.78, 5) is 4.50. The van der Waals surface area contributed by atoms with E-state index in [1.54, 1.807) is 12.1 Å². The van der Waals surface area contributed by atoms with E-state index in [2.05, 4.69) is 10.3 Å². The van der Waals surface area contributed by atoms with E-state index in [4.69, 9.17) is 0 Å². The highest BCUT2D eigenvalue weighted by molar-refractivity contribution is 7.13. The molecule has 3 nitrogen and oxygen atoms in total. The Labute approximate surface area is 122 Å². The van der Waals surface area contributed by atoms with Crippen LogP contribution in [0.5, 0.6) is 0 Å².